The number of ether oxygens (including phenoxy) is 1. The molecule has 162 valence electrons. The summed E-state index contributed by atoms with van der Waals surface area (Å²) in [6, 6.07) is 15.6. The average Bonchev–Trinajstić information content (AvgIpc) is 3.31. The Morgan fingerprint density at radius 3 is 2.25 bits per heavy atom. The molecule has 9 heteroatoms. The van der Waals surface area contributed by atoms with Crippen molar-refractivity contribution in [3.05, 3.63) is 83.1 Å². The first-order chi connectivity index (χ1) is 15.4. The van der Waals surface area contributed by atoms with E-state index in [1.54, 1.807) is 43.3 Å². The Balaban J connectivity index is 1.52. The Morgan fingerprint density at radius 1 is 1.03 bits per heavy atom. The number of carbonyl (C=O) groups excluding carboxylic acids is 4. The summed E-state index contributed by atoms with van der Waals surface area (Å²) in [6.45, 7) is 1.05. The molecule has 2 aromatic carbocycles. The fourth-order valence-corrected chi connectivity index (χ4v) is 3.45. The van der Waals surface area contributed by atoms with E-state index in [4.69, 9.17) is 9.26 Å². The monoisotopic (exact) mass is 433 g/mol. The van der Waals surface area contributed by atoms with Gasteiger partial charge in [0.05, 0.1) is 11.1 Å². The summed E-state index contributed by atoms with van der Waals surface area (Å²) < 4.78 is 10.0. The third kappa shape index (κ3) is 4.27. The molecule has 4 rings (SSSR count). The number of hydrogen-bond acceptors (Lipinski definition) is 7. The number of carbonyl (C=O) groups is 4. The van der Waals surface area contributed by atoms with Crippen LogP contribution in [0, 0.1) is 6.92 Å². The lowest BCUT2D eigenvalue weighted by Crippen LogP contribution is -2.47. The molecular formula is C23H19N3O6. The van der Waals surface area contributed by atoms with Gasteiger partial charge in [0.25, 0.3) is 17.7 Å². The van der Waals surface area contributed by atoms with Crippen LogP contribution < -0.4 is 5.32 Å². The summed E-state index contributed by atoms with van der Waals surface area (Å²) in [4.78, 5) is 51.8. The Labute approximate surface area is 182 Å². The number of amides is 3. The van der Waals surface area contributed by atoms with E-state index < -0.39 is 36.3 Å². The standard InChI is InChI=1S/C23H19N3O6/c1-14-11-19(25-32-14)24-20(27)13-31-23(30)18(12-15-7-3-2-4-8-15)26-21(28)16-9-5-6-10-17(16)22(26)29/h2-11,18H,12-13H2,1H3,(H,24,25,27)/t18-/m0/s1. The number of fused-ring (bicyclic) bond motifs is 1. The van der Waals surface area contributed by atoms with E-state index in [2.05, 4.69) is 10.5 Å². The summed E-state index contributed by atoms with van der Waals surface area (Å²) in [7, 11) is 0. The lowest BCUT2D eigenvalue weighted by Gasteiger charge is -2.24. The summed E-state index contributed by atoms with van der Waals surface area (Å²) in [6.07, 6.45) is 0.0508. The summed E-state index contributed by atoms with van der Waals surface area (Å²) >= 11 is 0. The number of nitrogens with zero attached hydrogens (tertiary/aromatic N) is 2. The second-order valence-electron chi connectivity index (χ2n) is 7.21. The Bertz CT molecular complexity index is 1150. The predicted octanol–water partition coefficient (Wildman–Crippen LogP) is 2.37. The van der Waals surface area contributed by atoms with Gasteiger partial charge < -0.3 is 14.6 Å². The van der Waals surface area contributed by atoms with Crippen LogP contribution in [0.1, 0.15) is 32.0 Å². The van der Waals surface area contributed by atoms with Crippen LogP contribution in [0.3, 0.4) is 0 Å². The number of imide groups is 1. The molecule has 0 unspecified atom stereocenters. The molecule has 1 aliphatic rings. The normalized spacial score (nSPS) is 13.6. The van der Waals surface area contributed by atoms with Crippen LogP contribution in [-0.2, 0) is 20.7 Å². The highest BCUT2D eigenvalue weighted by Crippen LogP contribution is 2.26. The molecule has 32 heavy (non-hydrogen) atoms. The summed E-state index contributed by atoms with van der Waals surface area (Å²) in [5.41, 5.74) is 1.18. The zero-order valence-corrected chi connectivity index (χ0v) is 17.1. The van der Waals surface area contributed by atoms with E-state index in [-0.39, 0.29) is 23.4 Å². The van der Waals surface area contributed by atoms with Gasteiger partial charge >= 0.3 is 5.97 Å². The van der Waals surface area contributed by atoms with Gasteiger partial charge in [0.15, 0.2) is 12.4 Å². The van der Waals surface area contributed by atoms with Crippen molar-refractivity contribution in [2.75, 3.05) is 11.9 Å². The van der Waals surface area contributed by atoms with Gasteiger partial charge in [-0.25, -0.2) is 4.79 Å². The number of hydrogen-bond donors (Lipinski definition) is 1. The lowest BCUT2D eigenvalue weighted by atomic mass is 10.0. The highest BCUT2D eigenvalue weighted by atomic mass is 16.5. The second kappa shape index (κ2) is 8.84. The van der Waals surface area contributed by atoms with E-state index in [9.17, 15) is 19.2 Å². The molecule has 0 fully saturated rings. The fraction of sp³-hybridized carbons (Fsp3) is 0.174. The van der Waals surface area contributed by atoms with Gasteiger partial charge in [0.2, 0.25) is 0 Å². The van der Waals surface area contributed by atoms with Crippen molar-refractivity contribution < 1.29 is 28.4 Å². The minimum atomic E-state index is -1.23. The average molecular weight is 433 g/mol. The molecule has 1 aliphatic heterocycles. The SMILES string of the molecule is Cc1cc(NC(=O)COC(=O)[C@H](Cc2ccccc2)N2C(=O)c3ccccc3C2=O)no1. The number of nitrogens with one attached hydrogen (secondary N) is 1. The minimum absolute atomic E-state index is 0.0508. The predicted molar refractivity (Wildman–Crippen MR) is 112 cm³/mol. The second-order valence-corrected chi connectivity index (χ2v) is 7.21. The number of rotatable bonds is 7. The molecule has 0 saturated heterocycles. The number of benzene rings is 2. The maximum Gasteiger partial charge on any atom is 0.330 e. The van der Waals surface area contributed by atoms with Crippen molar-refractivity contribution in [2.45, 2.75) is 19.4 Å². The van der Waals surface area contributed by atoms with Crippen molar-refractivity contribution >= 4 is 29.5 Å². The molecule has 1 atom stereocenters. The van der Waals surface area contributed by atoms with Gasteiger partial charge in [-0.1, -0.05) is 47.6 Å². The first-order valence-electron chi connectivity index (χ1n) is 9.84. The zero-order valence-electron chi connectivity index (χ0n) is 17.1. The molecule has 1 N–H and O–H groups in total. The molecular weight excluding hydrogens is 414 g/mol. The Kier molecular flexibility index (Phi) is 5.80. The van der Waals surface area contributed by atoms with Crippen LogP contribution >= 0.6 is 0 Å². The molecule has 0 bridgehead atoms. The lowest BCUT2D eigenvalue weighted by molar-refractivity contribution is -0.151. The largest absolute Gasteiger partial charge is 0.454 e. The Morgan fingerprint density at radius 2 is 1.66 bits per heavy atom. The molecule has 1 aromatic heterocycles. The third-order valence-corrected chi connectivity index (χ3v) is 4.92. The van der Waals surface area contributed by atoms with Crippen molar-refractivity contribution in [2.24, 2.45) is 0 Å². The minimum Gasteiger partial charge on any atom is -0.454 e. The zero-order chi connectivity index (χ0) is 22.7. The van der Waals surface area contributed by atoms with Crippen molar-refractivity contribution in [1.29, 1.82) is 0 Å². The van der Waals surface area contributed by atoms with Gasteiger partial charge in [-0.15, -0.1) is 0 Å². The molecule has 0 spiro atoms. The molecule has 3 amide bonds. The highest BCUT2D eigenvalue weighted by molar-refractivity contribution is 6.22. The Hall–Kier alpha value is -4.27. The molecule has 2 heterocycles. The van der Waals surface area contributed by atoms with Crippen molar-refractivity contribution in [3.8, 4) is 0 Å². The number of esters is 1. The topological polar surface area (TPSA) is 119 Å². The van der Waals surface area contributed by atoms with Gasteiger partial charge in [-0.3, -0.25) is 19.3 Å². The van der Waals surface area contributed by atoms with Crippen LogP contribution in [0.25, 0.3) is 0 Å². The number of aryl methyl sites for hydroxylation is 1. The first-order valence-corrected chi connectivity index (χ1v) is 9.84. The van der Waals surface area contributed by atoms with Crippen LogP contribution in [0.2, 0.25) is 0 Å². The summed E-state index contributed by atoms with van der Waals surface area (Å²) in [5.74, 6) is -1.96. The maximum atomic E-state index is 13.0. The molecule has 0 aliphatic carbocycles. The van der Waals surface area contributed by atoms with E-state index in [0.717, 1.165) is 10.5 Å². The first kappa shape index (κ1) is 21.0. The quantitative estimate of drug-likeness (QED) is 0.449. The third-order valence-electron chi connectivity index (χ3n) is 4.92. The van der Waals surface area contributed by atoms with E-state index in [1.807, 2.05) is 6.07 Å². The van der Waals surface area contributed by atoms with Crippen molar-refractivity contribution in [3.63, 3.8) is 0 Å². The fourth-order valence-electron chi connectivity index (χ4n) is 3.45. The van der Waals surface area contributed by atoms with E-state index >= 15 is 0 Å². The summed E-state index contributed by atoms with van der Waals surface area (Å²) in [5, 5.41) is 6.07. The van der Waals surface area contributed by atoms with Crippen LogP contribution in [0.15, 0.2) is 65.2 Å². The molecule has 3 aromatic rings. The highest BCUT2D eigenvalue weighted by Gasteiger charge is 2.43. The van der Waals surface area contributed by atoms with E-state index in [0.29, 0.717) is 5.76 Å². The maximum absolute atomic E-state index is 13.0. The van der Waals surface area contributed by atoms with Gasteiger partial charge in [0, 0.05) is 12.5 Å². The smallest absolute Gasteiger partial charge is 0.330 e. The molecule has 0 saturated carbocycles. The molecule has 0 radical (unpaired) electrons. The van der Waals surface area contributed by atoms with E-state index in [1.165, 1.54) is 18.2 Å². The van der Waals surface area contributed by atoms with Gasteiger partial charge in [-0.05, 0) is 24.6 Å². The van der Waals surface area contributed by atoms with Gasteiger partial charge in [0.1, 0.15) is 11.8 Å². The van der Waals surface area contributed by atoms with Crippen LogP contribution in [0.4, 0.5) is 5.82 Å². The van der Waals surface area contributed by atoms with Crippen LogP contribution in [-0.4, -0.2) is 46.4 Å². The van der Waals surface area contributed by atoms with Crippen LogP contribution in [0.5, 0.6) is 0 Å². The number of aromatic nitrogens is 1. The number of anilines is 1. The van der Waals surface area contributed by atoms with Crippen molar-refractivity contribution in [1.82, 2.24) is 10.1 Å². The molecule has 9 nitrogen and oxygen atoms in total. The van der Waals surface area contributed by atoms with Gasteiger partial charge in [-0.2, -0.15) is 0 Å².